The van der Waals surface area contributed by atoms with E-state index in [0.717, 1.165) is 38.1 Å². The summed E-state index contributed by atoms with van der Waals surface area (Å²) in [6.07, 6.45) is 4.13. The van der Waals surface area contributed by atoms with Gasteiger partial charge in [0, 0.05) is 17.3 Å². The second-order valence-electron chi connectivity index (χ2n) is 8.14. The van der Waals surface area contributed by atoms with Crippen molar-refractivity contribution < 1.29 is 14.6 Å². The number of hydrogen-bond donors (Lipinski definition) is 1. The summed E-state index contributed by atoms with van der Waals surface area (Å²) < 4.78 is 6.05. The summed E-state index contributed by atoms with van der Waals surface area (Å²) in [6.45, 7) is 2.54. The molecule has 1 aliphatic heterocycles. The molecule has 1 N–H and O–H groups in total. The lowest BCUT2D eigenvalue weighted by atomic mass is 10.0. The Kier molecular flexibility index (Phi) is 9.15. The van der Waals surface area contributed by atoms with Gasteiger partial charge in [0.15, 0.2) is 0 Å². The van der Waals surface area contributed by atoms with Gasteiger partial charge in [-0.05, 0) is 79.0 Å². The molecule has 0 saturated carbocycles. The van der Waals surface area contributed by atoms with Crippen molar-refractivity contribution in [2.75, 3.05) is 19.7 Å². The molecule has 6 heteroatoms. The van der Waals surface area contributed by atoms with Crippen molar-refractivity contribution in [1.82, 2.24) is 4.90 Å². The minimum absolute atomic E-state index is 0. The van der Waals surface area contributed by atoms with Crippen LogP contribution in [0.3, 0.4) is 0 Å². The van der Waals surface area contributed by atoms with E-state index in [1.54, 1.807) is 11.3 Å². The van der Waals surface area contributed by atoms with E-state index in [1.807, 2.05) is 0 Å². The van der Waals surface area contributed by atoms with Gasteiger partial charge >= 0.3 is 5.97 Å². The summed E-state index contributed by atoms with van der Waals surface area (Å²) in [5, 5.41) is 10.9. The van der Waals surface area contributed by atoms with Crippen LogP contribution in [0.1, 0.15) is 36.8 Å². The topological polar surface area (TPSA) is 49.8 Å². The first-order valence-corrected chi connectivity index (χ1v) is 11.9. The highest BCUT2D eigenvalue weighted by atomic mass is 35.5. The molecule has 2 heterocycles. The average molecular weight is 472 g/mol. The van der Waals surface area contributed by atoms with Crippen molar-refractivity contribution >= 4 is 29.7 Å². The van der Waals surface area contributed by atoms with Crippen LogP contribution in [-0.2, 0) is 11.2 Å². The minimum atomic E-state index is -0.717. The van der Waals surface area contributed by atoms with Gasteiger partial charge in [-0.2, -0.15) is 0 Å². The Morgan fingerprint density at radius 3 is 2.44 bits per heavy atom. The van der Waals surface area contributed by atoms with E-state index in [-0.39, 0.29) is 18.8 Å². The van der Waals surface area contributed by atoms with Crippen molar-refractivity contribution in [3.05, 3.63) is 77.2 Å². The normalized spacial score (nSPS) is 15.9. The largest absolute Gasteiger partial charge is 0.492 e. The summed E-state index contributed by atoms with van der Waals surface area (Å²) in [5.74, 6) is 0.180. The molecule has 170 valence electrons. The number of nitrogens with zero attached hydrogens (tertiary/aromatic N) is 1. The predicted octanol–water partition coefficient (Wildman–Crippen LogP) is 6.14. The highest BCUT2D eigenvalue weighted by Gasteiger charge is 2.24. The van der Waals surface area contributed by atoms with Crippen molar-refractivity contribution in [2.45, 2.75) is 38.1 Å². The van der Waals surface area contributed by atoms with Crippen LogP contribution in [0.2, 0.25) is 0 Å². The van der Waals surface area contributed by atoms with Crippen LogP contribution in [0.25, 0.3) is 10.4 Å². The predicted molar refractivity (Wildman–Crippen MR) is 133 cm³/mol. The molecule has 32 heavy (non-hydrogen) atoms. The van der Waals surface area contributed by atoms with Crippen molar-refractivity contribution in [2.24, 2.45) is 0 Å². The molecule has 4 nitrogen and oxygen atoms in total. The zero-order chi connectivity index (χ0) is 21.5. The first-order valence-electron chi connectivity index (χ1n) is 11.0. The Morgan fingerprint density at radius 1 is 1.06 bits per heavy atom. The van der Waals surface area contributed by atoms with Gasteiger partial charge in [-0.15, -0.1) is 23.7 Å². The molecule has 0 spiro atoms. The first kappa shape index (κ1) is 24.3. The van der Waals surface area contributed by atoms with Crippen molar-refractivity contribution in [3.8, 4) is 16.2 Å². The molecule has 0 radical (unpaired) electrons. The molecule has 0 bridgehead atoms. The number of carbonyl (C=O) groups is 1. The average Bonchev–Trinajstić information content (AvgIpc) is 3.46. The van der Waals surface area contributed by atoms with E-state index in [4.69, 9.17) is 9.84 Å². The van der Waals surface area contributed by atoms with Crippen LogP contribution in [0.5, 0.6) is 5.75 Å². The minimum Gasteiger partial charge on any atom is -0.492 e. The smallest absolute Gasteiger partial charge is 0.303 e. The maximum atomic E-state index is 10.7. The molecule has 3 aromatic rings. The van der Waals surface area contributed by atoms with E-state index in [9.17, 15) is 4.79 Å². The molecular formula is C26H30ClNO3S. The molecule has 1 atom stereocenters. The van der Waals surface area contributed by atoms with Gasteiger partial charge in [-0.3, -0.25) is 9.69 Å². The van der Waals surface area contributed by atoms with Crippen LogP contribution in [-0.4, -0.2) is 41.7 Å². The standard InChI is InChI=1S/C26H29NO3S.ClH/c28-26(29)6-2-16-27-15-1-4-23(27)19-30-24-13-9-21(10-14-24)18-20-7-11-22(12-8-20)25-5-3-17-31-25;/h3,5,7-14,17,23H,1-2,4,6,15-16,18-19H2,(H,28,29);1H/t23-;/m0./s1. The quantitative estimate of drug-likeness (QED) is 0.386. The number of rotatable bonds is 10. The highest BCUT2D eigenvalue weighted by Crippen LogP contribution is 2.25. The maximum absolute atomic E-state index is 10.7. The number of likely N-dealkylation sites (tertiary alicyclic amines) is 1. The molecule has 1 aromatic heterocycles. The van der Waals surface area contributed by atoms with Crippen LogP contribution in [0.15, 0.2) is 66.0 Å². The SMILES string of the molecule is Cl.O=C(O)CCCN1CCC[C@H]1COc1ccc(Cc2ccc(-c3cccs3)cc2)cc1. The summed E-state index contributed by atoms with van der Waals surface area (Å²) in [4.78, 5) is 14.4. The maximum Gasteiger partial charge on any atom is 0.303 e. The lowest BCUT2D eigenvalue weighted by Crippen LogP contribution is -2.35. The fraction of sp³-hybridized carbons (Fsp3) is 0.346. The van der Waals surface area contributed by atoms with E-state index in [0.29, 0.717) is 19.1 Å². The summed E-state index contributed by atoms with van der Waals surface area (Å²) in [6, 6.07) is 21.8. The molecule has 1 saturated heterocycles. The van der Waals surface area contributed by atoms with Gasteiger partial charge in [0.05, 0.1) is 0 Å². The monoisotopic (exact) mass is 471 g/mol. The van der Waals surface area contributed by atoms with Crippen molar-refractivity contribution in [3.63, 3.8) is 0 Å². The molecule has 1 fully saturated rings. The molecule has 0 unspecified atom stereocenters. The third-order valence-corrected chi connectivity index (χ3v) is 6.79. The zero-order valence-corrected chi connectivity index (χ0v) is 19.7. The summed E-state index contributed by atoms with van der Waals surface area (Å²) in [5.41, 5.74) is 3.84. The third kappa shape index (κ3) is 6.83. The fourth-order valence-electron chi connectivity index (χ4n) is 4.17. The Hall–Kier alpha value is -2.34. The highest BCUT2D eigenvalue weighted by molar-refractivity contribution is 7.13. The Bertz CT molecular complexity index is 958. The van der Waals surface area contributed by atoms with Crippen LogP contribution >= 0.6 is 23.7 Å². The van der Waals surface area contributed by atoms with Gasteiger partial charge in [0.1, 0.15) is 12.4 Å². The molecule has 2 aromatic carbocycles. The van der Waals surface area contributed by atoms with E-state index in [2.05, 4.69) is 70.9 Å². The number of ether oxygens (including phenoxy) is 1. The summed E-state index contributed by atoms with van der Waals surface area (Å²) >= 11 is 1.77. The van der Waals surface area contributed by atoms with E-state index < -0.39 is 5.97 Å². The van der Waals surface area contributed by atoms with E-state index >= 15 is 0 Å². The van der Waals surface area contributed by atoms with Gasteiger partial charge < -0.3 is 9.84 Å². The first-order chi connectivity index (χ1) is 15.2. The number of aliphatic carboxylic acids is 1. The van der Waals surface area contributed by atoms with E-state index in [1.165, 1.54) is 21.6 Å². The number of halogens is 1. The molecule has 0 amide bonds. The number of thiophene rings is 1. The van der Waals surface area contributed by atoms with Gasteiger partial charge in [-0.25, -0.2) is 0 Å². The zero-order valence-electron chi connectivity index (χ0n) is 18.1. The van der Waals surface area contributed by atoms with Gasteiger partial charge in [0.2, 0.25) is 0 Å². The van der Waals surface area contributed by atoms with Crippen LogP contribution < -0.4 is 4.74 Å². The third-order valence-electron chi connectivity index (χ3n) is 5.87. The van der Waals surface area contributed by atoms with Crippen molar-refractivity contribution in [1.29, 1.82) is 0 Å². The van der Waals surface area contributed by atoms with Gasteiger partial charge in [-0.1, -0.05) is 42.5 Å². The molecular weight excluding hydrogens is 442 g/mol. The number of carboxylic acid groups (broad SMARTS) is 1. The molecule has 0 aliphatic carbocycles. The summed E-state index contributed by atoms with van der Waals surface area (Å²) in [7, 11) is 0. The van der Waals surface area contributed by atoms with Gasteiger partial charge in [0.25, 0.3) is 0 Å². The fourth-order valence-corrected chi connectivity index (χ4v) is 4.91. The second kappa shape index (κ2) is 12.0. The lowest BCUT2D eigenvalue weighted by molar-refractivity contribution is -0.137. The van der Waals surface area contributed by atoms with Crippen LogP contribution in [0, 0.1) is 0 Å². The molecule has 1 aliphatic rings. The number of carboxylic acids is 1. The molecule has 4 rings (SSSR count). The van der Waals surface area contributed by atoms with Crippen LogP contribution in [0.4, 0.5) is 0 Å². The Labute approximate surface area is 200 Å². The lowest BCUT2D eigenvalue weighted by Gasteiger charge is -2.24. The Morgan fingerprint density at radius 2 is 1.78 bits per heavy atom. The number of hydrogen-bond acceptors (Lipinski definition) is 4. The second-order valence-corrected chi connectivity index (χ2v) is 9.08. The Balaban J connectivity index is 0.00000289. The number of benzene rings is 2.